The van der Waals surface area contributed by atoms with Gasteiger partial charge in [-0.15, -0.1) is 0 Å². The van der Waals surface area contributed by atoms with Gasteiger partial charge in [-0.3, -0.25) is 10.1 Å². The van der Waals surface area contributed by atoms with Crippen molar-refractivity contribution >= 4 is 23.0 Å². The molecule has 0 aliphatic heterocycles. The molecule has 0 amide bonds. The normalized spacial score (nSPS) is 13.0. The molecule has 23 heavy (non-hydrogen) atoms. The van der Waals surface area contributed by atoms with Crippen molar-refractivity contribution in [2.75, 3.05) is 11.9 Å². The standard InChI is InChI=1S/C16H14ClN3O3/c1-16(21,12-3-2-4-13(17)8-12)10-19-14-6-5-11(9-18)7-15(14)20(22)23/h2-8,19,21H,10H2,1H3. The Morgan fingerprint density at radius 3 is 2.74 bits per heavy atom. The molecule has 1 atom stereocenters. The quantitative estimate of drug-likeness (QED) is 0.645. The molecule has 2 N–H and O–H groups in total. The van der Waals surface area contributed by atoms with Crippen LogP contribution < -0.4 is 5.32 Å². The molecule has 0 aromatic heterocycles. The van der Waals surface area contributed by atoms with E-state index in [1.807, 2.05) is 6.07 Å². The summed E-state index contributed by atoms with van der Waals surface area (Å²) in [7, 11) is 0. The van der Waals surface area contributed by atoms with Gasteiger partial charge in [0.15, 0.2) is 0 Å². The topological polar surface area (TPSA) is 99.2 Å². The number of hydrogen-bond acceptors (Lipinski definition) is 5. The van der Waals surface area contributed by atoms with Crippen LogP contribution in [0, 0.1) is 21.4 Å². The van der Waals surface area contributed by atoms with Crippen molar-refractivity contribution in [3.05, 3.63) is 68.7 Å². The smallest absolute Gasteiger partial charge is 0.293 e. The predicted molar refractivity (Wildman–Crippen MR) is 87.3 cm³/mol. The van der Waals surface area contributed by atoms with Crippen molar-refractivity contribution in [3.63, 3.8) is 0 Å². The first-order chi connectivity index (χ1) is 10.8. The molecule has 0 saturated carbocycles. The van der Waals surface area contributed by atoms with Crippen molar-refractivity contribution in [1.82, 2.24) is 0 Å². The molecular formula is C16H14ClN3O3. The number of aliphatic hydroxyl groups is 1. The van der Waals surface area contributed by atoms with E-state index >= 15 is 0 Å². The molecule has 0 aliphatic rings. The Labute approximate surface area is 138 Å². The summed E-state index contributed by atoms with van der Waals surface area (Å²) in [5.74, 6) is 0. The number of nitriles is 1. The molecule has 2 rings (SSSR count). The maximum absolute atomic E-state index is 11.1. The van der Waals surface area contributed by atoms with Gasteiger partial charge in [0.05, 0.1) is 16.6 Å². The average Bonchev–Trinajstić information content (AvgIpc) is 2.52. The van der Waals surface area contributed by atoms with E-state index in [1.54, 1.807) is 31.2 Å². The predicted octanol–water partition coefficient (Wildman–Crippen LogP) is 3.44. The Bertz CT molecular complexity index is 784. The molecule has 6 nitrogen and oxygen atoms in total. The Morgan fingerprint density at radius 1 is 1.39 bits per heavy atom. The van der Waals surface area contributed by atoms with Crippen LogP contribution in [0.25, 0.3) is 0 Å². The maximum atomic E-state index is 11.1. The summed E-state index contributed by atoms with van der Waals surface area (Å²) in [6.45, 7) is 1.63. The number of nitro benzene ring substituents is 1. The first kappa shape index (κ1) is 16.7. The minimum atomic E-state index is -1.27. The second-order valence-corrected chi connectivity index (χ2v) is 5.68. The van der Waals surface area contributed by atoms with Gasteiger partial charge in [-0.1, -0.05) is 23.7 Å². The molecule has 0 spiro atoms. The number of nitrogens with one attached hydrogen (secondary N) is 1. The highest BCUT2D eigenvalue weighted by Gasteiger charge is 2.25. The Hall–Kier alpha value is -2.62. The Kier molecular flexibility index (Phi) is 4.84. The van der Waals surface area contributed by atoms with Crippen molar-refractivity contribution in [1.29, 1.82) is 5.26 Å². The van der Waals surface area contributed by atoms with E-state index < -0.39 is 10.5 Å². The van der Waals surface area contributed by atoms with E-state index in [0.717, 1.165) is 0 Å². The zero-order chi connectivity index (χ0) is 17.0. The Balaban J connectivity index is 2.23. The SMILES string of the molecule is CC(O)(CNc1ccc(C#N)cc1[N+](=O)[O-])c1cccc(Cl)c1. The van der Waals surface area contributed by atoms with Crippen molar-refractivity contribution in [3.8, 4) is 6.07 Å². The fraction of sp³-hybridized carbons (Fsp3) is 0.188. The molecule has 2 aromatic rings. The summed E-state index contributed by atoms with van der Waals surface area (Å²) in [6, 6.07) is 12.7. The van der Waals surface area contributed by atoms with Crippen LogP contribution >= 0.6 is 11.6 Å². The highest BCUT2D eigenvalue weighted by molar-refractivity contribution is 6.30. The lowest BCUT2D eigenvalue weighted by Crippen LogP contribution is -2.30. The van der Waals surface area contributed by atoms with Gasteiger partial charge >= 0.3 is 0 Å². The second-order valence-electron chi connectivity index (χ2n) is 5.24. The van der Waals surface area contributed by atoms with E-state index in [1.165, 1.54) is 18.2 Å². The van der Waals surface area contributed by atoms with Crippen molar-refractivity contribution < 1.29 is 10.0 Å². The van der Waals surface area contributed by atoms with Crippen LogP contribution in [0.4, 0.5) is 11.4 Å². The molecule has 2 aromatic carbocycles. The minimum Gasteiger partial charge on any atom is -0.384 e. The maximum Gasteiger partial charge on any atom is 0.293 e. The summed E-state index contributed by atoms with van der Waals surface area (Å²) < 4.78 is 0. The summed E-state index contributed by atoms with van der Waals surface area (Å²) in [5.41, 5.74) is -0.466. The number of rotatable bonds is 5. The Morgan fingerprint density at radius 2 is 2.13 bits per heavy atom. The lowest BCUT2D eigenvalue weighted by atomic mass is 9.96. The first-order valence-corrected chi connectivity index (χ1v) is 7.12. The van der Waals surface area contributed by atoms with Crippen LogP contribution in [0.1, 0.15) is 18.1 Å². The third kappa shape index (κ3) is 3.97. The fourth-order valence-corrected chi connectivity index (χ4v) is 2.28. The van der Waals surface area contributed by atoms with Crippen LogP contribution in [0.5, 0.6) is 0 Å². The van der Waals surface area contributed by atoms with Crippen LogP contribution in [0.15, 0.2) is 42.5 Å². The first-order valence-electron chi connectivity index (χ1n) is 6.74. The molecule has 0 heterocycles. The summed E-state index contributed by atoms with van der Waals surface area (Å²) in [6.07, 6.45) is 0. The number of hydrogen-bond donors (Lipinski definition) is 2. The molecule has 0 aliphatic carbocycles. The lowest BCUT2D eigenvalue weighted by molar-refractivity contribution is -0.384. The average molecular weight is 332 g/mol. The van der Waals surface area contributed by atoms with Gasteiger partial charge in [-0.2, -0.15) is 5.26 Å². The van der Waals surface area contributed by atoms with Crippen LogP contribution in [0.2, 0.25) is 5.02 Å². The number of benzene rings is 2. The van der Waals surface area contributed by atoms with E-state index in [4.69, 9.17) is 16.9 Å². The largest absolute Gasteiger partial charge is 0.384 e. The highest BCUT2D eigenvalue weighted by atomic mass is 35.5. The van der Waals surface area contributed by atoms with E-state index in [-0.39, 0.29) is 23.5 Å². The molecule has 0 saturated heterocycles. The van der Waals surface area contributed by atoms with Gasteiger partial charge in [0.25, 0.3) is 5.69 Å². The summed E-state index contributed by atoms with van der Waals surface area (Å²) >= 11 is 5.92. The third-order valence-corrected chi connectivity index (χ3v) is 3.63. The summed E-state index contributed by atoms with van der Waals surface area (Å²) in [5, 5.41) is 33.8. The van der Waals surface area contributed by atoms with Gasteiger partial charge < -0.3 is 10.4 Å². The molecule has 0 radical (unpaired) electrons. The number of halogens is 1. The van der Waals surface area contributed by atoms with E-state index in [0.29, 0.717) is 10.6 Å². The van der Waals surface area contributed by atoms with Crippen molar-refractivity contribution in [2.24, 2.45) is 0 Å². The van der Waals surface area contributed by atoms with Gasteiger partial charge in [0.2, 0.25) is 0 Å². The van der Waals surface area contributed by atoms with Gasteiger partial charge in [0.1, 0.15) is 11.3 Å². The van der Waals surface area contributed by atoms with Crippen LogP contribution in [-0.4, -0.2) is 16.6 Å². The minimum absolute atomic E-state index is 0.0417. The third-order valence-electron chi connectivity index (χ3n) is 3.39. The fourth-order valence-electron chi connectivity index (χ4n) is 2.09. The number of nitro groups is 1. The lowest BCUT2D eigenvalue weighted by Gasteiger charge is -2.25. The second kappa shape index (κ2) is 6.65. The number of nitrogens with zero attached hydrogens (tertiary/aromatic N) is 2. The van der Waals surface area contributed by atoms with E-state index in [9.17, 15) is 15.2 Å². The molecule has 7 heteroatoms. The monoisotopic (exact) mass is 331 g/mol. The molecule has 0 fully saturated rings. The number of anilines is 1. The van der Waals surface area contributed by atoms with Crippen molar-refractivity contribution in [2.45, 2.75) is 12.5 Å². The summed E-state index contributed by atoms with van der Waals surface area (Å²) in [4.78, 5) is 10.5. The molecule has 0 bridgehead atoms. The highest BCUT2D eigenvalue weighted by Crippen LogP contribution is 2.28. The van der Waals surface area contributed by atoms with Crippen LogP contribution in [0.3, 0.4) is 0 Å². The molecule has 118 valence electrons. The van der Waals surface area contributed by atoms with Gasteiger partial charge in [-0.25, -0.2) is 0 Å². The molecule has 1 unspecified atom stereocenters. The zero-order valence-corrected chi connectivity index (χ0v) is 13.0. The van der Waals surface area contributed by atoms with Gasteiger partial charge in [0, 0.05) is 17.6 Å². The zero-order valence-electron chi connectivity index (χ0n) is 12.3. The molecular weight excluding hydrogens is 318 g/mol. The van der Waals surface area contributed by atoms with Gasteiger partial charge in [-0.05, 0) is 36.8 Å². The van der Waals surface area contributed by atoms with E-state index in [2.05, 4.69) is 5.32 Å². The van der Waals surface area contributed by atoms with Crippen LogP contribution in [-0.2, 0) is 5.60 Å².